The second-order valence-corrected chi connectivity index (χ2v) is 4.40. The Hall–Kier alpha value is -0.110. The standard InChI is InChI=1S/C9H15N.HIO3/c1-7-5-8(2)10(4)9(3)6-7;2-1(3)4/h5-6,8H,1-4H3;2H. The minimum absolute atomic E-state index is 0.560. The number of hydrogen-bond donors (Lipinski definition) is 1. The van der Waals surface area contributed by atoms with Gasteiger partial charge in [-0.2, -0.15) is 0 Å². The molecule has 0 aliphatic carbocycles. The third-order valence-corrected chi connectivity index (χ3v) is 2.11. The van der Waals surface area contributed by atoms with Gasteiger partial charge in [-0.05, 0) is 30.3 Å². The van der Waals surface area contributed by atoms with Crippen molar-refractivity contribution in [3.63, 3.8) is 0 Å². The summed E-state index contributed by atoms with van der Waals surface area (Å²) in [5.74, 6) is 0. The molecule has 0 saturated heterocycles. The number of likely N-dealkylation sites (N-methyl/N-ethyl adjacent to an activating group) is 1. The minimum atomic E-state index is -3.76. The minimum Gasteiger partial charge on any atom is -0.396 e. The van der Waals surface area contributed by atoms with Crippen molar-refractivity contribution < 1.29 is 31.4 Å². The maximum Gasteiger partial charge on any atom is 0.503 e. The molecular formula is C9H16INO3. The van der Waals surface area contributed by atoms with Crippen LogP contribution in [-0.4, -0.2) is 21.4 Å². The summed E-state index contributed by atoms with van der Waals surface area (Å²) in [7, 11) is 2.12. The van der Waals surface area contributed by atoms with Gasteiger partial charge in [0.05, 0.1) is 0 Å². The number of nitrogens with zero attached hydrogens (tertiary/aromatic N) is 1. The van der Waals surface area contributed by atoms with E-state index in [0.29, 0.717) is 6.04 Å². The largest absolute Gasteiger partial charge is 0.503 e. The molecule has 1 aliphatic rings. The van der Waals surface area contributed by atoms with Crippen molar-refractivity contribution in [2.75, 3.05) is 7.05 Å². The van der Waals surface area contributed by atoms with Crippen LogP contribution >= 0.6 is 0 Å². The molecule has 0 radical (unpaired) electrons. The van der Waals surface area contributed by atoms with Gasteiger partial charge in [0.1, 0.15) is 0 Å². The second-order valence-electron chi connectivity index (χ2n) is 3.25. The first-order chi connectivity index (χ1) is 6.34. The summed E-state index contributed by atoms with van der Waals surface area (Å²) >= 11 is -3.76. The summed E-state index contributed by atoms with van der Waals surface area (Å²) in [4.78, 5) is 2.27. The molecule has 0 aromatic rings. The highest BCUT2D eigenvalue weighted by molar-refractivity contribution is 5.26. The first-order valence-corrected chi connectivity index (χ1v) is 6.91. The van der Waals surface area contributed by atoms with Crippen LogP contribution in [0, 0.1) is 0 Å². The number of allylic oxidation sites excluding steroid dienone is 3. The number of halogens is 1. The quantitative estimate of drug-likeness (QED) is 0.467. The summed E-state index contributed by atoms with van der Waals surface area (Å²) in [6, 6.07) is 0.560. The fraction of sp³-hybridized carbons (Fsp3) is 0.556. The van der Waals surface area contributed by atoms with E-state index < -0.39 is 21.1 Å². The Morgan fingerprint density at radius 3 is 2.21 bits per heavy atom. The molecule has 1 aliphatic heterocycles. The molecule has 14 heavy (non-hydrogen) atoms. The van der Waals surface area contributed by atoms with E-state index in [1.807, 2.05) is 0 Å². The molecule has 1 heterocycles. The van der Waals surface area contributed by atoms with E-state index in [9.17, 15) is 0 Å². The lowest BCUT2D eigenvalue weighted by molar-refractivity contribution is -1.63. The number of hydrogen-bond acceptors (Lipinski definition) is 4. The zero-order valence-corrected chi connectivity index (χ0v) is 11.0. The first-order valence-electron chi connectivity index (χ1n) is 4.18. The molecule has 0 amide bonds. The Kier molecular flexibility index (Phi) is 6.34. The second kappa shape index (κ2) is 6.39. The van der Waals surface area contributed by atoms with Gasteiger partial charge in [0.15, 0.2) is 0 Å². The average Bonchev–Trinajstić information content (AvgIpc) is 1.98. The molecule has 1 rings (SSSR count). The highest BCUT2D eigenvalue weighted by Crippen LogP contribution is 2.16. The normalized spacial score (nSPS) is 21.1. The third-order valence-electron chi connectivity index (χ3n) is 2.11. The van der Waals surface area contributed by atoms with Crippen LogP contribution in [0.2, 0.25) is 0 Å². The van der Waals surface area contributed by atoms with E-state index in [0.717, 1.165) is 0 Å². The first kappa shape index (κ1) is 13.9. The molecule has 1 atom stereocenters. The fourth-order valence-corrected chi connectivity index (χ4v) is 1.29. The van der Waals surface area contributed by atoms with Gasteiger partial charge in [0.25, 0.3) is 0 Å². The Bertz CT molecular complexity index is 235. The monoisotopic (exact) mass is 313 g/mol. The zero-order chi connectivity index (χ0) is 11.3. The van der Waals surface area contributed by atoms with E-state index in [2.05, 4.69) is 44.9 Å². The van der Waals surface area contributed by atoms with Crippen LogP contribution in [0.25, 0.3) is 0 Å². The molecule has 82 valence electrons. The summed E-state index contributed by atoms with van der Waals surface area (Å²) < 4.78 is 24.5. The van der Waals surface area contributed by atoms with Gasteiger partial charge in [0, 0.05) is 18.8 Å². The Morgan fingerprint density at radius 1 is 1.43 bits per heavy atom. The molecule has 0 spiro atoms. The van der Waals surface area contributed by atoms with Gasteiger partial charge in [-0.3, -0.25) is 0 Å². The zero-order valence-electron chi connectivity index (χ0n) is 8.82. The molecule has 0 bridgehead atoms. The Labute approximate surface area is 93.6 Å². The molecular weight excluding hydrogens is 297 g/mol. The van der Waals surface area contributed by atoms with E-state index in [1.165, 1.54) is 11.3 Å². The predicted octanol–water partition coefficient (Wildman–Crippen LogP) is -3.76. The highest BCUT2D eigenvalue weighted by Gasteiger charge is 2.10. The summed E-state index contributed by atoms with van der Waals surface area (Å²) in [6.07, 6.45) is 4.48. The van der Waals surface area contributed by atoms with Crippen LogP contribution in [0.4, 0.5) is 0 Å². The summed E-state index contributed by atoms with van der Waals surface area (Å²) in [6.45, 7) is 6.50. The van der Waals surface area contributed by atoms with Crippen LogP contribution in [0.15, 0.2) is 23.4 Å². The van der Waals surface area contributed by atoms with Crippen molar-refractivity contribution >= 4 is 0 Å². The topological polar surface area (TPSA) is 69.6 Å². The van der Waals surface area contributed by atoms with Gasteiger partial charge < -0.3 is 11.8 Å². The molecule has 0 aromatic carbocycles. The third kappa shape index (κ3) is 5.58. The van der Waals surface area contributed by atoms with Crippen LogP contribution < -0.4 is 27.9 Å². The van der Waals surface area contributed by atoms with Crippen LogP contribution in [-0.2, 0) is 0 Å². The van der Waals surface area contributed by atoms with Gasteiger partial charge in [-0.1, -0.05) is 11.6 Å². The molecule has 1 N–H and O–H groups in total. The van der Waals surface area contributed by atoms with Crippen molar-refractivity contribution in [2.45, 2.75) is 26.8 Å². The lowest BCUT2D eigenvalue weighted by Crippen LogP contribution is -3.98. The van der Waals surface area contributed by atoms with E-state index in [4.69, 9.17) is 10.3 Å². The molecule has 4 nitrogen and oxygen atoms in total. The SMILES string of the molecule is CC1=CC(C)N(C)C(C)=C1.[O-][I+2]([O-])O. The van der Waals surface area contributed by atoms with Crippen LogP contribution in [0.3, 0.4) is 0 Å². The fourth-order valence-electron chi connectivity index (χ4n) is 1.29. The van der Waals surface area contributed by atoms with Crippen molar-refractivity contribution in [1.82, 2.24) is 4.90 Å². The molecule has 0 fully saturated rings. The van der Waals surface area contributed by atoms with E-state index >= 15 is 0 Å². The highest BCUT2D eigenvalue weighted by atomic mass is 127. The summed E-state index contributed by atoms with van der Waals surface area (Å²) in [5.41, 5.74) is 2.73. The predicted molar refractivity (Wildman–Crippen MR) is 47.0 cm³/mol. The van der Waals surface area contributed by atoms with Gasteiger partial charge in [0.2, 0.25) is 0 Å². The maximum absolute atomic E-state index is 8.68. The molecule has 5 heteroatoms. The van der Waals surface area contributed by atoms with E-state index in [-0.39, 0.29) is 0 Å². The molecule has 0 aromatic heterocycles. The summed E-state index contributed by atoms with van der Waals surface area (Å²) in [5, 5.41) is 0. The lowest BCUT2D eigenvalue weighted by Gasteiger charge is -2.29. The molecule has 1 unspecified atom stereocenters. The van der Waals surface area contributed by atoms with E-state index in [1.54, 1.807) is 0 Å². The van der Waals surface area contributed by atoms with Gasteiger partial charge in [-0.15, -0.1) is 0 Å². The smallest absolute Gasteiger partial charge is 0.396 e. The lowest BCUT2D eigenvalue weighted by atomic mass is 10.1. The van der Waals surface area contributed by atoms with Crippen molar-refractivity contribution in [2.24, 2.45) is 0 Å². The van der Waals surface area contributed by atoms with Crippen LogP contribution in [0.5, 0.6) is 0 Å². The van der Waals surface area contributed by atoms with Gasteiger partial charge >= 0.3 is 21.1 Å². The Morgan fingerprint density at radius 2 is 1.86 bits per heavy atom. The van der Waals surface area contributed by atoms with Crippen molar-refractivity contribution in [1.29, 1.82) is 0 Å². The van der Waals surface area contributed by atoms with Crippen molar-refractivity contribution in [3.05, 3.63) is 23.4 Å². The maximum atomic E-state index is 8.68. The van der Waals surface area contributed by atoms with Crippen LogP contribution in [0.1, 0.15) is 20.8 Å². The Balaban J connectivity index is 0.000000364. The van der Waals surface area contributed by atoms with Crippen molar-refractivity contribution in [3.8, 4) is 0 Å². The average molecular weight is 313 g/mol. The van der Waals surface area contributed by atoms with Gasteiger partial charge in [-0.25, -0.2) is 0 Å². The number of rotatable bonds is 0. The molecule has 0 saturated carbocycles.